The average molecular weight is 339 g/mol. The molecule has 1 aromatic carbocycles. The molecular formula is C13H18BrF3N2. The zero-order chi connectivity index (χ0) is 14.6. The summed E-state index contributed by atoms with van der Waals surface area (Å²) in [5.41, 5.74) is 2.07. The van der Waals surface area contributed by atoms with Crippen LogP contribution >= 0.6 is 15.9 Å². The second-order valence-corrected chi connectivity index (χ2v) is 5.56. The van der Waals surface area contributed by atoms with Crippen molar-refractivity contribution in [3.63, 3.8) is 0 Å². The first-order chi connectivity index (χ1) is 8.81. The summed E-state index contributed by atoms with van der Waals surface area (Å²) in [6.45, 7) is 3.90. The highest BCUT2D eigenvalue weighted by Gasteiger charge is 2.36. The zero-order valence-electron chi connectivity index (χ0n) is 10.9. The molecule has 2 atom stereocenters. The Hall–Kier alpha value is -0.590. The molecule has 0 bridgehead atoms. The van der Waals surface area contributed by atoms with Crippen LogP contribution in [0.5, 0.6) is 0 Å². The molecular weight excluding hydrogens is 321 g/mol. The molecule has 108 valence electrons. The van der Waals surface area contributed by atoms with Crippen molar-refractivity contribution in [1.29, 1.82) is 0 Å². The fourth-order valence-electron chi connectivity index (χ4n) is 2.23. The molecule has 2 unspecified atom stereocenters. The molecule has 1 aromatic rings. The van der Waals surface area contributed by atoms with Gasteiger partial charge in [0.15, 0.2) is 0 Å². The van der Waals surface area contributed by atoms with Gasteiger partial charge in [0.1, 0.15) is 0 Å². The first-order valence-electron chi connectivity index (χ1n) is 6.14. The normalized spacial score (nSPS) is 15.3. The predicted octanol–water partition coefficient (Wildman–Crippen LogP) is 4.41. The Morgan fingerprint density at radius 3 is 2.47 bits per heavy atom. The third-order valence-corrected chi connectivity index (χ3v) is 3.64. The van der Waals surface area contributed by atoms with Gasteiger partial charge in [-0.15, -0.1) is 0 Å². The number of nitrogens with one attached hydrogen (secondary N) is 1. The van der Waals surface area contributed by atoms with Crippen LogP contribution in [0.15, 0.2) is 22.7 Å². The van der Waals surface area contributed by atoms with E-state index in [-0.39, 0.29) is 11.5 Å². The van der Waals surface area contributed by atoms with E-state index in [9.17, 15) is 13.2 Å². The molecule has 0 aliphatic heterocycles. The van der Waals surface area contributed by atoms with Gasteiger partial charge in [0.05, 0.1) is 5.56 Å². The summed E-state index contributed by atoms with van der Waals surface area (Å²) in [6.07, 6.45) is -2.68. The van der Waals surface area contributed by atoms with Crippen LogP contribution in [-0.4, -0.2) is 0 Å². The number of hydrogen-bond donors (Lipinski definition) is 2. The van der Waals surface area contributed by atoms with Crippen molar-refractivity contribution in [3.05, 3.63) is 33.8 Å². The molecule has 0 spiro atoms. The van der Waals surface area contributed by atoms with E-state index in [1.54, 1.807) is 6.07 Å². The van der Waals surface area contributed by atoms with Crippen LogP contribution in [0, 0.1) is 5.92 Å². The van der Waals surface area contributed by atoms with E-state index in [1.807, 2.05) is 13.8 Å². The fourth-order valence-corrected chi connectivity index (χ4v) is 2.59. The predicted molar refractivity (Wildman–Crippen MR) is 73.3 cm³/mol. The van der Waals surface area contributed by atoms with Crippen molar-refractivity contribution in [1.82, 2.24) is 5.43 Å². The van der Waals surface area contributed by atoms with Crippen LogP contribution in [0.1, 0.15) is 43.9 Å². The molecule has 3 N–H and O–H groups in total. The Labute approximate surface area is 119 Å². The van der Waals surface area contributed by atoms with Gasteiger partial charge >= 0.3 is 6.18 Å². The Morgan fingerprint density at radius 1 is 1.37 bits per heavy atom. The maximum Gasteiger partial charge on any atom is 0.416 e. The van der Waals surface area contributed by atoms with Gasteiger partial charge < -0.3 is 0 Å². The summed E-state index contributed by atoms with van der Waals surface area (Å²) in [5.74, 6) is 5.48. The summed E-state index contributed by atoms with van der Waals surface area (Å²) in [6, 6.07) is 3.67. The summed E-state index contributed by atoms with van der Waals surface area (Å²) >= 11 is 3.08. The van der Waals surface area contributed by atoms with Gasteiger partial charge in [-0.1, -0.05) is 42.3 Å². The van der Waals surface area contributed by atoms with E-state index >= 15 is 0 Å². The van der Waals surface area contributed by atoms with Crippen LogP contribution in [0.2, 0.25) is 0 Å². The number of hydrogen-bond acceptors (Lipinski definition) is 2. The second-order valence-electron chi connectivity index (χ2n) is 4.64. The molecule has 0 saturated carbocycles. The summed E-state index contributed by atoms with van der Waals surface area (Å²) < 4.78 is 39.7. The number of benzene rings is 1. The van der Waals surface area contributed by atoms with E-state index in [1.165, 1.54) is 6.07 Å². The van der Waals surface area contributed by atoms with Crippen molar-refractivity contribution in [2.24, 2.45) is 11.8 Å². The number of halogens is 4. The quantitative estimate of drug-likeness (QED) is 0.616. The molecule has 0 amide bonds. The largest absolute Gasteiger partial charge is 0.416 e. The van der Waals surface area contributed by atoms with Crippen molar-refractivity contribution < 1.29 is 13.2 Å². The monoisotopic (exact) mass is 338 g/mol. The molecule has 1 rings (SSSR count). The van der Waals surface area contributed by atoms with Crippen LogP contribution in [-0.2, 0) is 6.18 Å². The highest BCUT2D eigenvalue weighted by atomic mass is 79.9. The highest BCUT2D eigenvalue weighted by molar-refractivity contribution is 9.10. The molecule has 0 aliphatic carbocycles. The minimum Gasteiger partial charge on any atom is -0.271 e. The smallest absolute Gasteiger partial charge is 0.271 e. The Morgan fingerprint density at radius 2 is 2.00 bits per heavy atom. The van der Waals surface area contributed by atoms with E-state index in [2.05, 4.69) is 21.4 Å². The summed E-state index contributed by atoms with van der Waals surface area (Å²) in [5, 5.41) is 0. The van der Waals surface area contributed by atoms with Gasteiger partial charge in [0, 0.05) is 10.5 Å². The second kappa shape index (κ2) is 6.72. The van der Waals surface area contributed by atoms with Gasteiger partial charge in [-0.25, -0.2) is 0 Å². The third-order valence-electron chi connectivity index (χ3n) is 3.15. The minimum atomic E-state index is -4.39. The maximum absolute atomic E-state index is 13.1. The van der Waals surface area contributed by atoms with Crippen molar-refractivity contribution in [3.8, 4) is 0 Å². The van der Waals surface area contributed by atoms with Crippen LogP contribution in [0.3, 0.4) is 0 Å². The van der Waals surface area contributed by atoms with E-state index in [0.29, 0.717) is 4.47 Å². The molecule has 6 heteroatoms. The van der Waals surface area contributed by atoms with Gasteiger partial charge in [-0.05, 0) is 30.0 Å². The number of nitrogens with two attached hydrogens (primary N) is 1. The van der Waals surface area contributed by atoms with Crippen LogP contribution in [0.4, 0.5) is 13.2 Å². The zero-order valence-corrected chi connectivity index (χ0v) is 12.5. The molecule has 0 radical (unpaired) electrons. The highest BCUT2D eigenvalue weighted by Crippen LogP contribution is 2.38. The average Bonchev–Trinajstić information content (AvgIpc) is 2.31. The van der Waals surface area contributed by atoms with Crippen LogP contribution in [0.25, 0.3) is 0 Å². The van der Waals surface area contributed by atoms with Crippen molar-refractivity contribution >= 4 is 15.9 Å². The molecule has 0 heterocycles. The summed E-state index contributed by atoms with van der Waals surface area (Å²) in [4.78, 5) is 0. The van der Waals surface area contributed by atoms with Gasteiger partial charge in [-0.2, -0.15) is 13.2 Å². The molecule has 0 aromatic heterocycles. The number of alkyl halides is 3. The molecule has 19 heavy (non-hydrogen) atoms. The molecule has 0 saturated heterocycles. The Kier molecular flexibility index (Phi) is 5.82. The van der Waals surface area contributed by atoms with Crippen molar-refractivity contribution in [2.75, 3.05) is 0 Å². The lowest BCUT2D eigenvalue weighted by molar-refractivity contribution is -0.138. The van der Waals surface area contributed by atoms with Gasteiger partial charge in [0.2, 0.25) is 0 Å². The van der Waals surface area contributed by atoms with E-state index in [0.717, 1.165) is 18.9 Å². The standard InChI is InChI=1S/C13H18BrF3N2/c1-3-4-8(2)12(19-18)10-6-5-9(14)7-11(10)13(15,16)17/h5-8,12,19H,3-4,18H2,1-2H3. The number of rotatable bonds is 5. The fraction of sp³-hybridized carbons (Fsp3) is 0.538. The Bertz CT molecular complexity index is 421. The lowest BCUT2D eigenvalue weighted by Gasteiger charge is -2.26. The first kappa shape index (κ1) is 16.5. The van der Waals surface area contributed by atoms with Gasteiger partial charge in [-0.3, -0.25) is 11.3 Å². The SMILES string of the molecule is CCCC(C)C(NN)c1ccc(Br)cc1C(F)(F)F. The van der Waals surface area contributed by atoms with E-state index < -0.39 is 17.8 Å². The lowest BCUT2D eigenvalue weighted by atomic mass is 9.88. The van der Waals surface area contributed by atoms with Crippen molar-refractivity contribution in [2.45, 2.75) is 38.9 Å². The van der Waals surface area contributed by atoms with E-state index in [4.69, 9.17) is 5.84 Å². The maximum atomic E-state index is 13.1. The first-order valence-corrected chi connectivity index (χ1v) is 6.93. The Balaban J connectivity index is 3.23. The lowest BCUT2D eigenvalue weighted by Crippen LogP contribution is -2.34. The topological polar surface area (TPSA) is 38.0 Å². The molecule has 2 nitrogen and oxygen atoms in total. The number of hydrazine groups is 1. The molecule has 0 fully saturated rings. The third kappa shape index (κ3) is 4.19. The minimum absolute atomic E-state index is 0.0253. The molecule has 0 aliphatic rings. The van der Waals surface area contributed by atoms with Gasteiger partial charge in [0.25, 0.3) is 0 Å². The summed E-state index contributed by atoms with van der Waals surface area (Å²) in [7, 11) is 0. The van der Waals surface area contributed by atoms with Crippen LogP contribution < -0.4 is 11.3 Å².